The van der Waals surface area contributed by atoms with E-state index in [0.29, 0.717) is 46.0 Å². The third-order valence-electron chi connectivity index (χ3n) is 7.59. The molecule has 5 rings (SSSR count). The van der Waals surface area contributed by atoms with Gasteiger partial charge in [0.05, 0.1) is 41.5 Å². The summed E-state index contributed by atoms with van der Waals surface area (Å²) in [6.07, 6.45) is 4.84. The lowest BCUT2D eigenvalue weighted by Gasteiger charge is -2.35. The van der Waals surface area contributed by atoms with Crippen LogP contribution in [-0.4, -0.2) is 58.3 Å². The van der Waals surface area contributed by atoms with Gasteiger partial charge in [-0.3, -0.25) is 4.79 Å². The summed E-state index contributed by atoms with van der Waals surface area (Å²) in [6.45, 7) is 13.8. The van der Waals surface area contributed by atoms with Crippen LogP contribution in [0.3, 0.4) is 0 Å². The van der Waals surface area contributed by atoms with Crippen molar-refractivity contribution in [2.75, 3.05) is 42.3 Å². The molecule has 1 saturated heterocycles. The summed E-state index contributed by atoms with van der Waals surface area (Å²) in [5.74, 6) is 0.855. The van der Waals surface area contributed by atoms with Crippen LogP contribution in [0.25, 0.3) is 22.3 Å². The number of anilines is 4. The number of carbonyl (C=O) groups excluding carboxylic acids is 1. The average molecular weight is 588 g/mol. The average Bonchev–Trinajstić information content (AvgIpc) is 3.34. The Labute approximate surface area is 250 Å². The smallest absolute Gasteiger partial charge is 0.247 e. The highest BCUT2D eigenvalue weighted by Crippen LogP contribution is 2.39. The number of halogens is 1. The number of piperidine rings is 1. The van der Waals surface area contributed by atoms with Gasteiger partial charge < -0.3 is 29.6 Å². The van der Waals surface area contributed by atoms with E-state index in [2.05, 4.69) is 37.1 Å². The predicted octanol–water partition coefficient (Wildman–Crippen LogP) is 6.40. The number of nitrogens with zero attached hydrogens (tertiary/aromatic N) is 5. The van der Waals surface area contributed by atoms with E-state index in [-0.39, 0.29) is 24.0 Å². The topological polar surface area (TPSA) is 106 Å². The second kappa shape index (κ2) is 12.8. The number of benzene rings is 2. The van der Waals surface area contributed by atoms with Crippen LogP contribution in [0.2, 0.25) is 0 Å². The van der Waals surface area contributed by atoms with Gasteiger partial charge in [-0.1, -0.05) is 6.58 Å². The second-order valence-corrected chi connectivity index (χ2v) is 10.7. The molecule has 226 valence electrons. The van der Waals surface area contributed by atoms with Crippen LogP contribution >= 0.6 is 0 Å². The molecule has 1 aliphatic heterocycles. The minimum atomic E-state index is -0.409. The molecular formula is C32H38FN7O3. The van der Waals surface area contributed by atoms with Gasteiger partial charge in [0, 0.05) is 43.6 Å². The Morgan fingerprint density at radius 1 is 1.19 bits per heavy atom. The predicted molar refractivity (Wildman–Crippen MR) is 168 cm³/mol. The molecule has 1 aliphatic rings. The van der Waals surface area contributed by atoms with Crippen molar-refractivity contribution in [1.82, 2.24) is 19.5 Å². The first-order valence-electron chi connectivity index (χ1n) is 14.5. The summed E-state index contributed by atoms with van der Waals surface area (Å²) in [7, 11) is 1.59. The maximum absolute atomic E-state index is 15.2. The van der Waals surface area contributed by atoms with Crippen LogP contribution in [0, 0.1) is 12.7 Å². The zero-order valence-electron chi connectivity index (χ0n) is 25.3. The number of hydrogen-bond donors (Lipinski definition) is 2. The van der Waals surface area contributed by atoms with Crippen LogP contribution < -0.4 is 20.3 Å². The molecule has 0 unspecified atom stereocenters. The van der Waals surface area contributed by atoms with E-state index in [9.17, 15) is 4.79 Å². The van der Waals surface area contributed by atoms with Crippen molar-refractivity contribution in [3.05, 3.63) is 60.8 Å². The standard InChI is InChI=1S/C32H38FN7O3/c1-7-30(41)36-25-17-26(29(42-6)18-27(25)39-13-10-22(11-14-39)43-8-2)38-32-34-12-9-24(37-32)21-15-23(33)31-28(16-21)40(19(3)4)20(5)35-31/h7,9,12,15-19,22H,1,8,10-11,13-14H2,2-6H3,(H,36,41)(H,34,37,38). The quantitative estimate of drug-likeness (QED) is 0.205. The minimum Gasteiger partial charge on any atom is -0.494 e. The Bertz CT molecular complexity index is 1640. The first-order chi connectivity index (χ1) is 20.7. The zero-order valence-corrected chi connectivity index (χ0v) is 25.3. The number of imidazole rings is 1. The molecule has 2 aromatic carbocycles. The molecule has 0 bridgehead atoms. The lowest BCUT2D eigenvalue weighted by Crippen LogP contribution is -2.37. The highest BCUT2D eigenvalue weighted by atomic mass is 19.1. The lowest BCUT2D eigenvalue weighted by atomic mass is 10.1. The molecule has 1 fully saturated rings. The third-order valence-corrected chi connectivity index (χ3v) is 7.59. The maximum atomic E-state index is 15.2. The molecule has 0 radical (unpaired) electrons. The molecule has 1 amide bonds. The van der Waals surface area contributed by atoms with Crippen LogP contribution in [0.1, 0.15) is 45.5 Å². The number of methoxy groups -OCH3 is 1. The molecule has 2 aromatic heterocycles. The van der Waals surface area contributed by atoms with Gasteiger partial charge in [-0.2, -0.15) is 0 Å². The molecule has 0 atom stereocenters. The number of carbonyl (C=O) groups is 1. The van der Waals surface area contributed by atoms with Crippen molar-refractivity contribution >= 4 is 40.0 Å². The maximum Gasteiger partial charge on any atom is 0.247 e. The molecule has 43 heavy (non-hydrogen) atoms. The normalized spacial score (nSPS) is 13.9. The van der Waals surface area contributed by atoms with Crippen molar-refractivity contribution in [1.29, 1.82) is 0 Å². The number of aromatic nitrogens is 4. The third kappa shape index (κ3) is 6.31. The number of hydrogen-bond acceptors (Lipinski definition) is 8. The molecule has 0 saturated carbocycles. The van der Waals surface area contributed by atoms with E-state index < -0.39 is 5.82 Å². The number of rotatable bonds is 10. The number of amides is 1. The summed E-state index contributed by atoms with van der Waals surface area (Å²) < 4.78 is 28.7. The largest absolute Gasteiger partial charge is 0.494 e. The van der Waals surface area contributed by atoms with Crippen molar-refractivity contribution in [2.24, 2.45) is 0 Å². The first-order valence-corrected chi connectivity index (χ1v) is 14.5. The van der Waals surface area contributed by atoms with E-state index >= 15 is 4.39 Å². The van der Waals surface area contributed by atoms with Crippen molar-refractivity contribution in [2.45, 2.75) is 52.7 Å². The van der Waals surface area contributed by atoms with E-state index in [1.54, 1.807) is 25.4 Å². The van der Waals surface area contributed by atoms with Gasteiger partial charge in [0.2, 0.25) is 11.9 Å². The molecule has 3 heterocycles. The number of fused-ring (bicyclic) bond motifs is 1. The van der Waals surface area contributed by atoms with E-state index in [0.717, 1.165) is 37.4 Å². The van der Waals surface area contributed by atoms with Crippen LogP contribution in [0.15, 0.2) is 49.2 Å². The molecule has 0 aliphatic carbocycles. The van der Waals surface area contributed by atoms with E-state index in [4.69, 9.17) is 9.47 Å². The Kier molecular flexibility index (Phi) is 8.91. The van der Waals surface area contributed by atoms with Crippen LogP contribution in [0.5, 0.6) is 5.75 Å². The zero-order chi connectivity index (χ0) is 30.7. The molecule has 10 nitrogen and oxygen atoms in total. The van der Waals surface area contributed by atoms with E-state index in [1.807, 2.05) is 44.4 Å². The molecular weight excluding hydrogens is 549 g/mol. The number of ether oxygens (including phenoxy) is 2. The second-order valence-electron chi connectivity index (χ2n) is 10.7. The molecule has 4 aromatic rings. The van der Waals surface area contributed by atoms with Gasteiger partial charge in [-0.05, 0) is 70.9 Å². The van der Waals surface area contributed by atoms with Gasteiger partial charge in [0.1, 0.15) is 17.1 Å². The number of nitrogens with one attached hydrogen (secondary N) is 2. The summed E-state index contributed by atoms with van der Waals surface area (Å²) in [6, 6.07) is 8.89. The van der Waals surface area contributed by atoms with Crippen molar-refractivity contribution < 1.29 is 18.7 Å². The summed E-state index contributed by atoms with van der Waals surface area (Å²) in [5.41, 5.74) is 4.19. The molecule has 2 N–H and O–H groups in total. The fourth-order valence-electron chi connectivity index (χ4n) is 5.65. The summed E-state index contributed by atoms with van der Waals surface area (Å²) >= 11 is 0. The fraction of sp³-hybridized carbons (Fsp3) is 0.375. The Hall–Kier alpha value is -4.51. The highest BCUT2D eigenvalue weighted by Gasteiger charge is 2.24. The van der Waals surface area contributed by atoms with Crippen LogP contribution in [0.4, 0.5) is 27.4 Å². The Balaban J connectivity index is 1.48. The van der Waals surface area contributed by atoms with Crippen LogP contribution in [-0.2, 0) is 9.53 Å². The monoisotopic (exact) mass is 587 g/mol. The van der Waals surface area contributed by atoms with Gasteiger partial charge in [0.25, 0.3) is 0 Å². The van der Waals surface area contributed by atoms with Gasteiger partial charge in [0.15, 0.2) is 5.82 Å². The fourth-order valence-corrected chi connectivity index (χ4v) is 5.65. The van der Waals surface area contributed by atoms with Crippen molar-refractivity contribution in [3.8, 4) is 17.0 Å². The SMILES string of the molecule is C=CC(=O)Nc1cc(Nc2nccc(-c3cc(F)c4nc(C)n(C(C)C)c4c3)n2)c(OC)cc1N1CCC(OCC)CC1. The Morgan fingerprint density at radius 3 is 2.63 bits per heavy atom. The lowest BCUT2D eigenvalue weighted by molar-refractivity contribution is -0.111. The Morgan fingerprint density at radius 2 is 1.95 bits per heavy atom. The summed E-state index contributed by atoms with van der Waals surface area (Å²) in [4.78, 5) is 28.1. The van der Waals surface area contributed by atoms with Gasteiger partial charge in [-0.15, -0.1) is 0 Å². The van der Waals surface area contributed by atoms with E-state index in [1.165, 1.54) is 12.1 Å². The first kappa shape index (κ1) is 30.0. The minimum absolute atomic E-state index is 0.115. The molecule has 11 heteroatoms. The van der Waals surface area contributed by atoms with Crippen molar-refractivity contribution in [3.63, 3.8) is 0 Å². The van der Waals surface area contributed by atoms with Gasteiger partial charge >= 0.3 is 0 Å². The molecule has 0 spiro atoms. The highest BCUT2D eigenvalue weighted by molar-refractivity contribution is 6.02. The van der Waals surface area contributed by atoms with Gasteiger partial charge in [-0.25, -0.2) is 19.3 Å². The number of aryl methyl sites for hydroxylation is 1. The summed E-state index contributed by atoms with van der Waals surface area (Å²) in [5, 5.41) is 6.16.